The van der Waals surface area contributed by atoms with Gasteiger partial charge in [-0.1, -0.05) is 36.4 Å². The lowest BCUT2D eigenvalue weighted by Crippen LogP contribution is -2.38. The van der Waals surface area contributed by atoms with Crippen LogP contribution < -0.4 is 5.32 Å². The molecule has 0 radical (unpaired) electrons. The molecule has 1 heterocycles. The molecule has 3 rings (SSSR count). The summed E-state index contributed by atoms with van der Waals surface area (Å²) in [4.78, 5) is 0.472. The molecule has 0 spiro atoms. The highest BCUT2D eigenvalue weighted by molar-refractivity contribution is 7.92. The van der Waals surface area contributed by atoms with Crippen LogP contribution in [0.1, 0.15) is 12.8 Å². The van der Waals surface area contributed by atoms with Gasteiger partial charge >= 0.3 is 0 Å². The van der Waals surface area contributed by atoms with E-state index < -0.39 is 9.84 Å². The first-order valence-corrected chi connectivity index (χ1v) is 8.16. The summed E-state index contributed by atoms with van der Waals surface area (Å²) in [5.41, 5.74) is 0. The maximum absolute atomic E-state index is 12.8. The van der Waals surface area contributed by atoms with Gasteiger partial charge in [0.05, 0.1) is 10.1 Å². The van der Waals surface area contributed by atoms with Crippen molar-refractivity contribution in [1.82, 2.24) is 5.32 Å². The lowest BCUT2D eigenvalue weighted by molar-refractivity contribution is 0.497. The van der Waals surface area contributed by atoms with Gasteiger partial charge in [0.15, 0.2) is 9.84 Å². The Balaban J connectivity index is 0.00000147. The summed E-state index contributed by atoms with van der Waals surface area (Å²) in [6, 6.07) is 13.2. The first kappa shape index (κ1) is 15.3. The van der Waals surface area contributed by atoms with E-state index in [1.807, 2.05) is 36.4 Å². The first-order valence-electron chi connectivity index (χ1n) is 6.62. The summed E-state index contributed by atoms with van der Waals surface area (Å²) < 4.78 is 25.5. The largest absolute Gasteiger partial charge is 0.315 e. The van der Waals surface area contributed by atoms with Gasteiger partial charge in [-0.15, -0.1) is 12.4 Å². The van der Waals surface area contributed by atoms with Crippen LogP contribution in [-0.2, 0) is 9.84 Å². The Labute approximate surface area is 125 Å². The molecule has 1 atom stereocenters. The average Bonchev–Trinajstić information content (AvgIpc) is 2.47. The highest BCUT2D eigenvalue weighted by Crippen LogP contribution is 2.28. The predicted molar refractivity (Wildman–Crippen MR) is 84.3 cm³/mol. The second-order valence-corrected chi connectivity index (χ2v) is 7.19. The zero-order valence-corrected chi connectivity index (χ0v) is 12.7. The summed E-state index contributed by atoms with van der Waals surface area (Å²) in [5.74, 6) is 0. The van der Waals surface area contributed by atoms with Crippen LogP contribution in [0.15, 0.2) is 47.4 Å². The summed E-state index contributed by atoms with van der Waals surface area (Å²) in [7, 11) is -3.25. The third-order valence-electron chi connectivity index (χ3n) is 3.75. The fraction of sp³-hybridized carbons (Fsp3) is 0.333. The van der Waals surface area contributed by atoms with Crippen molar-refractivity contribution in [3.63, 3.8) is 0 Å². The number of fused-ring (bicyclic) bond motifs is 1. The van der Waals surface area contributed by atoms with Gasteiger partial charge in [0.25, 0.3) is 0 Å². The second-order valence-electron chi connectivity index (χ2n) is 4.99. The minimum absolute atomic E-state index is 0. The van der Waals surface area contributed by atoms with Crippen LogP contribution in [0.5, 0.6) is 0 Å². The number of hydrogen-bond donors (Lipinski definition) is 1. The smallest absolute Gasteiger partial charge is 0.183 e. The number of sulfone groups is 1. The van der Waals surface area contributed by atoms with Gasteiger partial charge < -0.3 is 5.32 Å². The maximum Gasteiger partial charge on any atom is 0.183 e. The van der Waals surface area contributed by atoms with Crippen LogP contribution in [0.25, 0.3) is 10.8 Å². The molecule has 1 saturated heterocycles. The van der Waals surface area contributed by atoms with E-state index in [9.17, 15) is 8.42 Å². The number of benzene rings is 2. The van der Waals surface area contributed by atoms with Gasteiger partial charge in [0.2, 0.25) is 0 Å². The third kappa shape index (κ3) is 2.68. The van der Waals surface area contributed by atoms with Crippen molar-refractivity contribution < 1.29 is 8.42 Å². The third-order valence-corrected chi connectivity index (χ3v) is 6.00. The highest BCUT2D eigenvalue weighted by atomic mass is 35.5. The molecule has 2 aromatic rings. The summed E-state index contributed by atoms with van der Waals surface area (Å²) in [5, 5.41) is 4.69. The van der Waals surface area contributed by atoms with E-state index in [4.69, 9.17) is 0 Å². The Hall–Kier alpha value is -1.10. The minimum Gasteiger partial charge on any atom is -0.315 e. The molecule has 1 fully saturated rings. The predicted octanol–water partition coefficient (Wildman–Crippen LogP) is 2.79. The van der Waals surface area contributed by atoms with E-state index in [-0.39, 0.29) is 17.7 Å². The number of piperidine rings is 1. The molecule has 0 aliphatic carbocycles. The average molecular weight is 312 g/mol. The molecule has 1 aliphatic heterocycles. The van der Waals surface area contributed by atoms with Crippen molar-refractivity contribution in [1.29, 1.82) is 0 Å². The molecule has 3 nitrogen and oxygen atoms in total. The molecule has 0 bridgehead atoms. The zero-order chi connectivity index (χ0) is 13.3. The Morgan fingerprint density at radius 1 is 1.05 bits per heavy atom. The number of hydrogen-bond acceptors (Lipinski definition) is 3. The van der Waals surface area contributed by atoms with Crippen molar-refractivity contribution in [2.24, 2.45) is 0 Å². The minimum atomic E-state index is -3.25. The normalized spacial score (nSPS) is 19.5. The van der Waals surface area contributed by atoms with E-state index in [0.29, 0.717) is 11.4 Å². The molecule has 1 aliphatic rings. The first-order chi connectivity index (χ1) is 9.19. The highest BCUT2D eigenvalue weighted by Gasteiger charge is 2.29. The van der Waals surface area contributed by atoms with E-state index >= 15 is 0 Å². The monoisotopic (exact) mass is 311 g/mol. The topological polar surface area (TPSA) is 46.2 Å². The van der Waals surface area contributed by atoms with Crippen molar-refractivity contribution in [3.05, 3.63) is 42.5 Å². The van der Waals surface area contributed by atoms with Gasteiger partial charge in [-0.2, -0.15) is 0 Å². The van der Waals surface area contributed by atoms with Gasteiger partial charge in [-0.25, -0.2) is 8.42 Å². The molecule has 20 heavy (non-hydrogen) atoms. The summed E-state index contributed by atoms with van der Waals surface area (Å²) >= 11 is 0. The standard InChI is InChI=1S/C15H17NO2S.ClH/c17-19(18,13-7-4-10-16-11-13)15-9-3-6-12-5-1-2-8-14(12)15;/h1-3,5-6,8-9,13,16H,4,7,10-11H2;1H. The zero-order valence-electron chi connectivity index (χ0n) is 11.1. The number of rotatable bonds is 2. The molecule has 0 aromatic heterocycles. The number of nitrogens with one attached hydrogen (secondary N) is 1. The molecule has 108 valence electrons. The van der Waals surface area contributed by atoms with Crippen molar-refractivity contribution in [2.75, 3.05) is 13.1 Å². The Bertz CT molecular complexity index is 689. The molecule has 0 saturated carbocycles. The lowest BCUT2D eigenvalue weighted by Gasteiger charge is -2.23. The molecular weight excluding hydrogens is 294 g/mol. The van der Waals surface area contributed by atoms with Crippen LogP contribution >= 0.6 is 12.4 Å². The SMILES string of the molecule is Cl.O=S(=O)(c1cccc2ccccc12)C1CCCNC1. The Morgan fingerprint density at radius 2 is 1.80 bits per heavy atom. The van der Waals surface area contributed by atoms with Crippen molar-refractivity contribution in [3.8, 4) is 0 Å². The summed E-state index contributed by atoms with van der Waals surface area (Å²) in [6.07, 6.45) is 1.67. The molecule has 0 amide bonds. The van der Waals surface area contributed by atoms with Crippen molar-refractivity contribution >= 4 is 33.0 Å². The maximum atomic E-state index is 12.8. The molecule has 2 aromatic carbocycles. The van der Waals surface area contributed by atoms with Gasteiger partial charge in [-0.05, 0) is 30.8 Å². The fourth-order valence-electron chi connectivity index (χ4n) is 2.71. The van der Waals surface area contributed by atoms with E-state index in [2.05, 4.69) is 5.32 Å². The molecule has 1 unspecified atom stereocenters. The molecule has 5 heteroatoms. The van der Waals surface area contributed by atoms with Crippen LogP contribution in [-0.4, -0.2) is 26.8 Å². The van der Waals surface area contributed by atoms with E-state index in [1.165, 1.54) is 0 Å². The van der Waals surface area contributed by atoms with Crippen LogP contribution in [0.2, 0.25) is 0 Å². The van der Waals surface area contributed by atoms with Crippen LogP contribution in [0.4, 0.5) is 0 Å². The second kappa shape index (κ2) is 6.12. The van der Waals surface area contributed by atoms with E-state index in [0.717, 1.165) is 30.2 Å². The number of halogens is 1. The van der Waals surface area contributed by atoms with E-state index in [1.54, 1.807) is 6.07 Å². The fourth-order valence-corrected chi connectivity index (χ4v) is 4.64. The van der Waals surface area contributed by atoms with Crippen LogP contribution in [0, 0.1) is 0 Å². The molecule has 1 N–H and O–H groups in total. The van der Waals surface area contributed by atoms with Crippen LogP contribution in [0.3, 0.4) is 0 Å². The quantitative estimate of drug-likeness (QED) is 0.927. The lowest BCUT2D eigenvalue weighted by atomic mass is 10.1. The Morgan fingerprint density at radius 3 is 2.55 bits per heavy atom. The summed E-state index contributed by atoms with van der Waals surface area (Å²) in [6.45, 7) is 1.48. The Kier molecular flexibility index (Phi) is 4.68. The van der Waals surface area contributed by atoms with Gasteiger partial charge in [0, 0.05) is 11.9 Å². The van der Waals surface area contributed by atoms with Crippen molar-refractivity contribution in [2.45, 2.75) is 23.0 Å². The van der Waals surface area contributed by atoms with Gasteiger partial charge in [0.1, 0.15) is 0 Å². The molecular formula is C15H18ClNO2S. The van der Waals surface area contributed by atoms with Gasteiger partial charge in [-0.3, -0.25) is 0 Å².